The molecule has 0 aromatic carbocycles. The van der Waals surface area contributed by atoms with Gasteiger partial charge in [-0.25, -0.2) is 14.6 Å². The number of hydrogen-bond donors (Lipinski definition) is 1. The number of aromatic nitrogens is 3. The smallest absolute Gasteiger partial charge is 0.332 e. The molecule has 2 aromatic heterocycles. The van der Waals surface area contributed by atoms with Crippen LogP contribution in [0.15, 0.2) is 17.1 Å². The normalized spacial score (nSPS) is 12.8. The third-order valence-corrected chi connectivity index (χ3v) is 2.58. The average molecular weight is 271 g/mol. The quantitative estimate of drug-likeness (QED) is 0.653. The molecule has 0 aliphatic carbocycles. The van der Waals surface area contributed by atoms with Gasteiger partial charge < -0.3 is 10.2 Å². The van der Waals surface area contributed by atoms with Crippen LogP contribution in [0, 0.1) is 0 Å². The van der Waals surface area contributed by atoms with Crippen molar-refractivity contribution >= 4 is 58.3 Å². The predicted molar refractivity (Wildman–Crippen MR) is 65.6 cm³/mol. The average Bonchev–Trinajstić information content (AvgIpc) is 2.56. The summed E-state index contributed by atoms with van der Waals surface area (Å²) in [6.07, 6.45) is 1.42. The van der Waals surface area contributed by atoms with Crippen LogP contribution in [0.5, 0.6) is 0 Å². The van der Waals surface area contributed by atoms with Gasteiger partial charge >= 0.3 is 11.7 Å². The van der Waals surface area contributed by atoms with Crippen molar-refractivity contribution < 1.29 is 14.4 Å². The summed E-state index contributed by atoms with van der Waals surface area (Å²) in [5.41, 5.74) is 0.257. The van der Waals surface area contributed by atoms with Crippen LogP contribution < -0.4 is 15.8 Å². The molecule has 1 aliphatic heterocycles. The molecular weight excluding hydrogens is 263 g/mol. The molecule has 0 saturated heterocycles. The molecule has 0 saturated carbocycles. The van der Waals surface area contributed by atoms with E-state index < -0.39 is 11.7 Å². The zero-order valence-electron chi connectivity index (χ0n) is 10.3. The van der Waals surface area contributed by atoms with Crippen molar-refractivity contribution in [3.05, 3.63) is 22.7 Å². The Morgan fingerprint density at radius 3 is 2.89 bits per heavy atom. The molecule has 9 heteroatoms. The van der Waals surface area contributed by atoms with Crippen LogP contribution >= 0.6 is 0 Å². The van der Waals surface area contributed by atoms with E-state index in [0.29, 0.717) is 11.0 Å². The fraction of sp³-hybridized carbons (Fsp3) is 0.200. The molecule has 1 radical (unpaired) electrons. The summed E-state index contributed by atoms with van der Waals surface area (Å²) in [6.45, 7) is 1.07. The van der Waals surface area contributed by atoms with Crippen molar-refractivity contribution in [3.8, 4) is 0 Å². The Balaban J connectivity index is 0.00000133. The number of hydrogen-bond acceptors (Lipinski definition) is 5. The maximum Gasteiger partial charge on any atom is 0.363 e. The Kier molecular flexibility index (Phi) is 3.48. The molecular formula is C10H8N4NaO4. The van der Waals surface area contributed by atoms with Crippen LogP contribution in [0.3, 0.4) is 0 Å². The Hall–Kier alpha value is -1.64. The Morgan fingerprint density at radius 2 is 2.21 bits per heavy atom. The van der Waals surface area contributed by atoms with Gasteiger partial charge in [0.15, 0.2) is 5.82 Å². The van der Waals surface area contributed by atoms with Crippen LogP contribution in [0.1, 0.15) is 6.92 Å². The summed E-state index contributed by atoms with van der Waals surface area (Å²) in [4.78, 5) is 43.2. The van der Waals surface area contributed by atoms with E-state index in [1.54, 1.807) is 0 Å². The maximum absolute atomic E-state index is 12.0. The van der Waals surface area contributed by atoms with Crippen LogP contribution in [-0.4, -0.2) is 55.7 Å². The van der Waals surface area contributed by atoms with E-state index in [4.69, 9.17) is 4.84 Å². The minimum Gasteiger partial charge on any atom is -0.332 e. The van der Waals surface area contributed by atoms with Gasteiger partial charge in [0.25, 0.3) is 0 Å². The summed E-state index contributed by atoms with van der Waals surface area (Å²) < 4.78 is 2.09. The number of carbonyl (C=O) groups excluding carboxylic acids is 2. The summed E-state index contributed by atoms with van der Waals surface area (Å²) in [7, 11) is 0. The van der Waals surface area contributed by atoms with Gasteiger partial charge in [-0.3, -0.25) is 9.36 Å². The summed E-state index contributed by atoms with van der Waals surface area (Å²) >= 11 is 0. The molecule has 3 rings (SSSR count). The zero-order chi connectivity index (χ0) is 12.9. The maximum atomic E-state index is 12.0. The van der Waals surface area contributed by atoms with Gasteiger partial charge in [0.1, 0.15) is 17.6 Å². The summed E-state index contributed by atoms with van der Waals surface area (Å²) in [5.74, 6) is -0.676. The largest absolute Gasteiger partial charge is 0.363 e. The third-order valence-electron chi connectivity index (χ3n) is 2.58. The summed E-state index contributed by atoms with van der Waals surface area (Å²) in [5, 5.41) is 2.55. The van der Waals surface area contributed by atoms with Crippen LogP contribution in [0.2, 0.25) is 0 Å². The molecule has 1 aliphatic rings. The minimum absolute atomic E-state index is 0. The summed E-state index contributed by atoms with van der Waals surface area (Å²) in [6, 6.07) is 1.54. The van der Waals surface area contributed by atoms with E-state index in [9.17, 15) is 14.4 Å². The molecule has 0 spiro atoms. The number of anilines is 1. The van der Waals surface area contributed by atoms with Gasteiger partial charge in [0.05, 0.1) is 0 Å². The molecule has 19 heavy (non-hydrogen) atoms. The second kappa shape index (κ2) is 4.80. The first kappa shape index (κ1) is 13.8. The monoisotopic (exact) mass is 271 g/mol. The fourth-order valence-corrected chi connectivity index (χ4v) is 1.95. The fourth-order valence-electron chi connectivity index (χ4n) is 1.95. The van der Waals surface area contributed by atoms with Crippen molar-refractivity contribution in [1.82, 2.24) is 14.3 Å². The molecule has 3 heterocycles. The Labute approximate surface area is 128 Å². The molecule has 1 amide bonds. The van der Waals surface area contributed by atoms with Crippen molar-refractivity contribution in [1.29, 1.82) is 0 Å². The van der Waals surface area contributed by atoms with E-state index in [-0.39, 0.29) is 47.8 Å². The standard InChI is InChI=1S/C10H8N4O4.Na/c1-5(15)18-14-6-2-3-11-9-8(6)13(10(14)17)4-7(16)12-9;/h2-3H,4H2,1H3,(H,11,12,16);. The molecule has 0 fully saturated rings. The molecule has 8 nitrogen and oxygen atoms in total. The van der Waals surface area contributed by atoms with Crippen LogP contribution in [-0.2, 0) is 16.1 Å². The third kappa shape index (κ3) is 2.07. The first-order chi connectivity index (χ1) is 8.58. The van der Waals surface area contributed by atoms with Crippen molar-refractivity contribution in [2.75, 3.05) is 5.32 Å². The molecule has 93 valence electrons. The topological polar surface area (TPSA) is 95.2 Å². The van der Waals surface area contributed by atoms with E-state index in [2.05, 4.69) is 10.3 Å². The van der Waals surface area contributed by atoms with E-state index in [1.807, 2.05) is 0 Å². The Bertz CT molecular complexity index is 748. The van der Waals surface area contributed by atoms with E-state index >= 15 is 0 Å². The number of nitrogens with one attached hydrogen (secondary N) is 1. The SMILES string of the molecule is CC(=O)On1c(=O)n2c3c(nccc31)NC(=O)C2.[Na]. The second-order valence-electron chi connectivity index (χ2n) is 3.82. The predicted octanol–water partition coefficient (Wildman–Crippen LogP) is -1.26. The van der Waals surface area contributed by atoms with Crippen molar-refractivity contribution in [3.63, 3.8) is 0 Å². The second-order valence-corrected chi connectivity index (χ2v) is 3.82. The number of nitrogens with zero attached hydrogens (tertiary/aromatic N) is 3. The first-order valence-electron chi connectivity index (χ1n) is 5.17. The Morgan fingerprint density at radius 1 is 1.47 bits per heavy atom. The van der Waals surface area contributed by atoms with Gasteiger partial charge in [-0.05, 0) is 6.07 Å². The molecule has 0 atom stereocenters. The number of amides is 1. The van der Waals surface area contributed by atoms with Crippen LogP contribution in [0.25, 0.3) is 11.0 Å². The van der Waals surface area contributed by atoms with E-state index in [1.165, 1.54) is 23.8 Å². The van der Waals surface area contributed by atoms with Gasteiger partial charge in [0, 0.05) is 42.7 Å². The van der Waals surface area contributed by atoms with Crippen molar-refractivity contribution in [2.45, 2.75) is 13.5 Å². The van der Waals surface area contributed by atoms with Gasteiger partial charge in [-0.1, -0.05) is 0 Å². The van der Waals surface area contributed by atoms with Crippen molar-refractivity contribution in [2.24, 2.45) is 0 Å². The molecule has 1 N–H and O–H groups in total. The van der Waals surface area contributed by atoms with E-state index in [0.717, 1.165) is 4.73 Å². The molecule has 0 bridgehead atoms. The first-order valence-corrected chi connectivity index (χ1v) is 5.17. The minimum atomic E-state index is -0.618. The number of carbonyl (C=O) groups is 2. The van der Waals surface area contributed by atoms with Crippen LogP contribution in [0.4, 0.5) is 5.82 Å². The van der Waals surface area contributed by atoms with Gasteiger partial charge in [-0.15, -0.1) is 4.73 Å². The number of rotatable bonds is 1. The number of pyridine rings is 1. The molecule has 2 aromatic rings. The zero-order valence-corrected chi connectivity index (χ0v) is 12.3. The number of imidazole rings is 1. The van der Waals surface area contributed by atoms with Gasteiger partial charge in [-0.2, -0.15) is 0 Å². The van der Waals surface area contributed by atoms with Gasteiger partial charge in [0.2, 0.25) is 5.91 Å². The molecule has 0 unspecified atom stereocenters.